The third-order valence-corrected chi connectivity index (χ3v) is 4.48. The van der Waals surface area contributed by atoms with E-state index in [1.54, 1.807) is 0 Å². The first kappa shape index (κ1) is 11.9. The van der Waals surface area contributed by atoms with Crippen LogP contribution in [0.3, 0.4) is 0 Å². The van der Waals surface area contributed by atoms with E-state index in [-0.39, 0.29) is 0 Å². The van der Waals surface area contributed by atoms with Gasteiger partial charge in [0.1, 0.15) is 0 Å². The summed E-state index contributed by atoms with van der Waals surface area (Å²) in [5, 5.41) is 9.27. The molecule has 0 bridgehead atoms. The van der Waals surface area contributed by atoms with Gasteiger partial charge < -0.3 is 0 Å². The van der Waals surface area contributed by atoms with E-state index in [4.69, 9.17) is 0 Å². The van der Waals surface area contributed by atoms with Gasteiger partial charge in [-0.15, -0.1) is 0 Å². The molecule has 2 saturated carbocycles. The Morgan fingerprint density at radius 2 is 1.69 bits per heavy atom. The predicted octanol–water partition coefficient (Wildman–Crippen LogP) is 3.33. The minimum atomic E-state index is 0.300. The summed E-state index contributed by atoms with van der Waals surface area (Å²) < 4.78 is 0. The fraction of sp³-hybridized carbons (Fsp3) is 0.929. The molecule has 2 atom stereocenters. The molecular formula is C14H24N2. The summed E-state index contributed by atoms with van der Waals surface area (Å²) in [7, 11) is 0. The molecule has 2 rings (SSSR count). The summed E-state index contributed by atoms with van der Waals surface area (Å²) in [6.45, 7) is 3.40. The Bertz CT molecular complexity index is 250. The molecule has 0 amide bonds. The standard InChI is InChI=1S/C14H24N2/c1-2-16(13-8-4-5-9-13)14-10-6-3-7-12(14)11-15/h12-14H,2-10H2,1H3. The van der Waals surface area contributed by atoms with E-state index >= 15 is 0 Å². The van der Waals surface area contributed by atoms with Gasteiger partial charge >= 0.3 is 0 Å². The van der Waals surface area contributed by atoms with E-state index in [1.807, 2.05) is 0 Å². The number of hydrogen-bond acceptors (Lipinski definition) is 2. The molecule has 0 aliphatic heterocycles. The van der Waals surface area contributed by atoms with Crippen LogP contribution >= 0.6 is 0 Å². The van der Waals surface area contributed by atoms with Gasteiger partial charge in [-0.2, -0.15) is 5.26 Å². The molecule has 2 heteroatoms. The highest BCUT2D eigenvalue weighted by Gasteiger charge is 2.34. The number of nitriles is 1. The highest BCUT2D eigenvalue weighted by molar-refractivity contribution is 4.97. The highest BCUT2D eigenvalue weighted by atomic mass is 15.2. The third kappa shape index (κ3) is 2.40. The second kappa shape index (κ2) is 5.68. The fourth-order valence-electron chi connectivity index (χ4n) is 3.66. The van der Waals surface area contributed by atoms with Crippen LogP contribution in [-0.2, 0) is 0 Å². The van der Waals surface area contributed by atoms with Crippen molar-refractivity contribution in [2.75, 3.05) is 6.54 Å². The summed E-state index contributed by atoms with van der Waals surface area (Å²) in [5.74, 6) is 0.300. The first-order valence-corrected chi connectivity index (χ1v) is 7.02. The molecule has 2 aliphatic rings. The van der Waals surface area contributed by atoms with Crippen molar-refractivity contribution >= 4 is 0 Å². The van der Waals surface area contributed by atoms with Crippen LogP contribution in [0.2, 0.25) is 0 Å². The molecule has 0 N–H and O–H groups in total. The fourth-order valence-corrected chi connectivity index (χ4v) is 3.66. The van der Waals surface area contributed by atoms with E-state index in [2.05, 4.69) is 17.9 Å². The molecule has 90 valence electrons. The van der Waals surface area contributed by atoms with Gasteiger partial charge in [0.15, 0.2) is 0 Å². The Morgan fingerprint density at radius 1 is 1.06 bits per heavy atom. The maximum atomic E-state index is 9.27. The number of nitrogens with zero attached hydrogens (tertiary/aromatic N) is 2. The number of rotatable bonds is 3. The average molecular weight is 220 g/mol. The molecule has 0 spiro atoms. The minimum Gasteiger partial charge on any atom is -0.296 e. The van der Waals surface area contributed by atoms with Crippen LogP contribution in [0.15, 0.2) is 0 Å². The largest absolute Gasteiger partial charge is 0.296 e. The summed E-state index contributed by atoms with van der Waals surface area (Å²) in [5.41, 5.74) is 0. The Hall–Kier alpha value is -0.550. The first-order chi connectivity index (χ1) is 7.86. The van der Waals surface area contributed by atoms with Crippen LogP contribution < -0.4 is 0 Å². The molecule has 0 aromatic carbocycles. The molecule has 0 heterocycles. The molecule has 0 aromatic heterocycles. The molecule has 0 radical (unpaired) electrons. The van der Waals surface area contributed by atoms with Crippen molar-refractivity contribution in [1.82, 2.24) is 4.90 Å². The SMILES string of the molecule is CCN(C1CCCC1)C1CCCCC1C#N. The second-order valence-corrected chi connectivity index (χ2v) is 5.36. The van der Waals surface area contributed by atoms with Crippen molar-refractivity contribution in [3.63, 3.8) is 0 Å². The molecule has 0 saturated heterocycles. The van der Waals surface area contributed by atoms with E-state index < -0.39 is 0 Å². The molecule has 2 unspecified atom stereocenters. The molecule has 16 heavy (non-hydrogen) atoms. The maximum absolute atomic E-state index is 9.27. The van der Waals surface area contributed by atoms with E-state index in [0.29, 0.717) is 12.0 Å². The topological polar surface area (TPSA) is 27.0 Å². The van der Waals surface area contributed by atoms with Gasteiger partial charge in [0.05, 0.1) is 12.0 Å². The molecule has 0 aromatic rings. The number of hydrogen-bond donors (Lipinski definition) is 0. The van der Waals surface area contributed by atoms with Gasteiger partial charge in [0.2, 0.25) is 0 Å². The van der Waals surface area contributed by atoms with Crippen molar-refractivity contribution in [3.8, 4) is 6.07 Å². The highest BCUT2D eigenvalue weighted by Crippen LogP contribution is 2.33. The first-order valence-electron chi connectivity index (χ1n) is 7.02. The molecular weight excluding hydrogens is 196 g/mol. The third-order valence-electron chi connectivity index (χ3n) is 4.48. The molecule has 2 fully saturated rings. The zero-order valence-corrected chi connectivity index (χ0v) is 10.5. The van der Waals surface area contributed by atoms with Crippen molar-refractivity contribution in [1.29, 1.82) is 5.26 Å². The van der Waals surface area contributed by atoms with Gasteiger partial charge in [0.25, 0.3) is 0 Å². The van der Waals surface area contributed by atoms with Crippen LogP contribution in [-0.4, -0.2) is 23.5 Å². The second-order valence-electron chi connectivity index (χ2n) is 5.36. The Kier molecular flexibility index (Phi) is 4.23. The van der Waals surface area contributed by atoms with E-state index in [1.165, 1.54) is 44.9 Å². The van der Waals surface area contributed by atoms with E-state index in [0.717, 1.165) is 19.0 Å². The van der Waals surface area contributed by atoms with E-state index in [9.17, 15) is 5.26 Å². The quantitative estimate of drug-likeness (QED) is 0.729. The van der Waals surface area contributed by atoms with Crippen LogP contribution in [0, 0.1) is 17.2 Å². The Morgan fingerprint density at radius 3 is 2.31 bits per heavy atom. The average Bonchev–Trinajstić information content (AvgIpc) is 2.84. The van der Waals surface area contributed by atoms with Crippen molar-refractivity contribution < 1.29 is 0 Å². The van der Waals surface area contributed by atoms with Crippen molar-refractivity contribution in [2.24, 2.45) is 5.92 Å². The Labute approximate surface area is 99.6 Å². The lowest BCUT2D eigenvalue weighted by molar-refractivity contribution is 0.0888. The van der Waals surface area contributed by atoms with Crippen LogP contribution in [0.5, 0.6) is 0 Å². The van der Waals surface area contributed by atoms with Crippen molar-refractivity contribution in [3.05, 3.63) is 0 Å². The summed E-state index contributed by atoms with van der Waals surface area (Å²) in [6.07, 6.45) is 10.5. The van der Waals surface area contributed by atoms with Gasteiger partial charge in [0, 0.05) is 12.1 Å². The lowest BCUT2D eigenvalue weighted by atomic mass is 9.83. The zero-order chi connectivity index (χ0) is 11.4. The van der Waals surface area contributed by atoms with Crippen LogP contribution in [0.1, 0.15) is 58.3 Å². The maximum Gasteiger partial charge on any atom is 0.0672 e. The monoisotopic (exact) mass is 220 g/mol. The lowest BCUT2D eigenvalue weighted by Gasteiger charge is -2.40. The molecule has 2 aliphatic carbocycles. The molecule has 2 nitrogen and oxygen atoms in total. The van der Waals surface area contributed by atoms with Crippen LogP contribution in [0.4, 0.5) is 0 Å². The van der Waals surface area contributed by atoms with Gasteiger partial charge in [-0.3, -0.25) is 4.90 Å². The van der Waals surface area contributed by atoms with Crippen molar-refractivity contribution in [2.45, 2.75) is 70.4 Å². The Balaban J connectivity index is 2.03. The van der Waals surface area contributed by atoms with Gasteiger partial charge in [-0.25, -0.2) is 0 Å². The van der Waals surface area contributed by atoms with Gasteiger partial charge in [-0.05, 0) is 32.2 Å². The lowest BCUT2D eigenvalue weighted by Crippen LogP contribution is -2.46. The zero-order valence-electron chi connectivity index (χ0n) is 10.5. The van der Waals surface area contributed by atoms with Gasteiger partial charge in [-0.1, -0.05) is 32.6 Å². The van der Waals surface area contributed by atoms with Crippen LogP contribution in [0.25, 0.3) is 0 Å². The minimum absolute atomic E-state index is 0.300. The summed E-state index contributed by atoms with van der Waals surface area (Å²) in [4.78, 5) is 2.65. The smallest absolute Gasteiger partial charge is 0.0672 e. The summed E-state index contributed by atoms with van der Waals surface area (Å²) >= 11 is 0. The normalized spacial score (nSPS) is 31.8. The summed E-state index contributed by atoms with van der Waals surface area (Å²) in [6, 6.07) is 3.89. The predicted molar refractivity (Wildman–Crippen MR) is 66.0 cm³/mol.